The number of carbonyl (C=O) groups excluding carboxylic acids is 1. The van der Waals surface area contributed by atoms with Gasteiger partial charge in [0.25, 0.3) is 0 Å². The predicted molar refractivity (Wildman–Crippen MR) is 144 cm³/mol. The molecule has 6 nitrogen and oxygen atoms in total. The molecule has 1 atom stereocenters. The molecule has 4 aromatic carbocycles. The summed E-state index contributed by atoms with van der Waals surface area (Å²) in [6.45, 7) is 0.212. The standard InChI is InChI=1S/C30H19Cl2FN2O4/c31-19-9-8-18(25(32)13-19)16-37-20-5-3-4-17(12-20)28-23-11-10-21(14-27(23)39-29(35)24(28)15-34)38-30(36)22-6-1-2-7-26(22)33/h1-14,28H,16,35H2. The molecule has 4 aromatic rings. The lowest BCUT2D eigenvalue weighted by Gasteiger charge is -2.27. The Morgan fingerprint density at radius 1 is 1.00 bits per heavy atom. The number of nitrogens with zero attached hydrogens (tertiary/aromatic N) is 1. The average molecular weight is 561 g/mol. The summed E-state index contributed by atoms with van der Waals surface area (Å²) in [6, 6.07) is 24.8. The second-order valence-corrected chi connectivity index (χ2v) is 9.43. The van der Waals surface area contributed by atoms with E-state index in [-0.39, 0.29) is 29.4 Å². The molecule has 1 aliphatic rings. The quantitative estimate of drug-likeness (QED) is 0.199. The number of nitrogens with two attached hydrogens (primary N) is 1. The Bertz CT molecular complexity index is 1670. The van der Waals surface area contributed by atoms with Crippen molar-refractivity contribution in [3.63, 3.8) is 0 Å². The van der Waals surface area contributed by atoms with Crippen molar-refractivity contribution in [2.75, 3.05) is 0 Å². The van der Waals surface area contributed by atoms with Crippen LogP contribution in [0.25, 0.3) is 0 Å². The first-order chi connectivity index (χ1) is 18.8. The molecule has 0 fully saturated rings. The van der Waals surface area contributed by atoms with Gasteiger partial charge in [0, 0.05) is 27.2 Å². The minimum absolute atomic E-state index is 0.0770. The Labute approximate surface area is 233 Å². The fraction of sp³-hybridized carbons (Fsp3) is 0.0667. The van der Waals surface area contributed by atoms with E-state index in [0.717, 1.165) is 11.1 Å². The molecule has 0 radical (unpaired) electrons. The van der Waals surface area contributed by atoms with E-state index in [1.165, 1.54) is 30.3 Å². The number of rotatable bonds is 6. The van der Waals surface area contributed by atoms with Crippen LogP contribution in [0.4, 0.5) is 4.39 Å². The fourth-order valence-corrected chi connectivity index (χ4v) is 4.68. The van der Waals surface area contributed by atoms with Crippen LogP contribution in [0.15, 0.2) is 96.4 Å². The highest BCUT2D eigenvalue weighted by Crippen LogP contribution is 2.44. The summed E-state index contributed by atoms with van der Waals surface area (Å²) in [4.78, 5) is 12.5. The number of halogens is 3. The average Bonchev–Trinajstić information content (AvgIpc) is 2.92. The summed E-state index contributed by atoms with van der Waals surface area (Å²) in [7, 11) is 0. The minimum Gasteiger partial charge on any atom is -0.489 e. The Balaban J connectivity index is 1.43. The van der Waals surface area contributed by atoms with Gasteiger partial charge in [-0.3, -0.25) is 0 Å². The van der Waals surface area contributed by atoms with Crippen LogP contribution in [0.1, 0.15) is 33.0 Å². The number of allylic oxidation sites excluding steroid dienone is 1. The predicted octanol–water partition coefficient (Wildman–Crippen LogP) is 7.15. The van der Waals surface area contributed by atoms with Crippen molar-refractivity contribution in [3.8, 4) is 23.3 Å². The normalized spacial score (nSPS) is 14.2. The summed E-state index contributed by atoms with van der Waals surface area (Å²) in [5, 5.41) is 10.9. The number of hydrogen-bond donors (Lipinski definition) is 1. The number of esters is 1. The van der Waals surface area contributed by atoms with E-state index in [2.05, 4.69) is 6.07 Å². The lowest BCUT2D eigenvalue weighted by atomic mass is 9.83. The van der Waals surface area contributed by atoms with Gasteiger partial charge in [-0.1, -0.05) is 59.6 Å². The van der Waals surface area contributed by atoms with E-state index < -0.39 is 17.7 Å². The van der Waals surface area contributed by atoms with Crippen LogP contribution < -0.4 is 19.9 Å². The second kappa shape index (κ2) is 11.1. The third-order valence-corrected chi connectivity index (χ3v) is 6.68. The molecule has 5 rings (SSSR count). The smallest absolute Gasteiger partial charge is 0.346 e. The van der Waals surface area contributed by atoms with Gasteiger partial charge in [0.1, 0.15) is 41.3 Å². The number of benzene rings is 4. The molecular weight excluding hydrogens is 542 g/mol. The molecule has 1 aliphatic heterocycles. The van der Waals surface area contributed by atoms with Gasteiger partial charge in [0.05, 0.1) is 11.5 Å². The van der Waals surface area contributed by atoms with Crippen molar-refractivity contribution in [1.82, 2.24) is 0 Å². The second-order valence-electron chi connectivity index (χ2n) is 8.59. The van der Waals surface area contributed by atoms with Crippen molar-refractivity contribution in [1.29, 1.82) is 5.26 Å². The molecule has 39 heavy (non-hydrogen) atoms. The molecule has 0 saturated heterocycles. The van der Waals surface area contributed by atoms with Crippen molar-refractivity contribution in [2.45, 2.75) is 12.5 Å². The lowest BCUT2D eigenvalue weighted by molar-refractivity contribution is 0.0729. The Morgan fingerprint density at radius 2 is 1.82 bits per heavy atom. The zero-order valence-electron chi connectivity index (χ0n) is 20.2. The first-order valence-corrected chi connectivity index (χ1v) is 12.4. The largest absolute Gasteiger partial charge is 0.489 e. The fourth-order valence-electron chi connectivity index (χ4n) is 4.21. The van der Waals surface area contributed by atoms with E-state index >= 15 is 0 Å². The zero-order chi connectivity index (χ0) is 27.5. The Hall–Kier alpha value is -4.51. The van der Waals surface area contributed by atoms with Crippen molar-refractivity contribution < 1.29 is 23.4 Å². The number of hydrogen-bond acceptors (Lipinski definition) is 6. The van der Waals surface area contributed by atoms with Crippen LogP contribution in [0.3, 0.4) is 0 Å². The Morgan fingerprint density at radius 3 is 2.59 bits per heavy atom. The molecule has 9 heteroatoms. The van der Waals surface area contributed by atoms with Gasteiger partial charge in [0.2, 0.25) is 5.88 Å². The van der Waals surface area contributed by atoms with Gasteiger partial charge in [-0.15, -0.1) is 0 Å². The van der Waals surface area contributed by atoms with Crippen LogP contribution in [-0.4, -0.2) is 5.97 Å². The molecule has 2 N–H and O–H groups in total. The maximum absolute atomic E-state index is 14.0. The molecular formula is C30H19Cl2FN2O4. The third kappa shape index (κ3) is 5.53. The van der Waals surface area contributed by atoms with Gasteiger partial charge in [-0.2, -0.15) is 5.26 Å². The van der Waals surface area contributed by atoms with Gasteiger partial charge in [0.15, 0.2) is 0 Å². The van der Waals surface area contributed by atoms with Crippen LogP contribution in [0.2, 0.25) is 10.0 Å². The number of ether oxygens (including phenoxy) is 3. The molecule has 0 aromatic heterocycles. The molecule has 0 spiro atoms. The molecule has 1 heterocycles. The van der Waals surface area contributed by atoms with Crippen LogP contribution >= 0.6 is 23.2 Å². The third-order valence-electron chi connectivity index (χ3n) is 6.10. The van der Waals surface area contributed by atoms with E-state index in [0.29, 0.717) is 27.1 Å². The summed E-state index contributed by atoms with van der Waals surface area (Å²) in [5.41, 5.74) is 8.26. The van der Waals surface area contributed by atoms with Crippen LogP contribution in [0, 0.1) is 17.1 Å². The Kier molecular flexibility index (Phi) is 7.42. The maximum Gasteiger partial charge on any atom is 0.346 e. The molecule has 0 amide bonds. The molecule has 194 valence electrons. The summed E-state index contributed by atoms with van der Waals surface area (Å²) in [6.07, 6.45) is 0. The molecule has 0 bridgehead atoms. The van der Waals surface area contributed by atoms with E-state index in [4.69, 9.17) is 43.1 Å². The molecule has 0 saturated carbocycles. The summed E-state index contributed by atoms with van der Waals surface area (Å²) in [5.74, 6) is -1.21. The summed E-state index contributed by atoms with van der Waals surface area (Å²) < 4.78 is 31.0. The zero-order valence-corrected chi connectivity index (χ0v) is 21.7. The first-order valence-electron chi connectivity index (χ1n) is 11.7. The van der Waals surface area contributed by atoms with E-state index in [9.17, 15) is 14.4 Å². The maximum atomic E-state index is 14.0. The SMILES string of the molecule is N#CC1=C(N)Oc2cc(OC(=O)c3ccccc3F)ccc2C1c1cccc(OCc2ccc(Cl)cc2Cl)c1. The van der Waals surface area contributed by atoms with Crippen LogP contribution in [0.5, 0.6) is 17.2 Å². The summed E-state index contributed by atoms with van der Waals surface area (Å²) >= 11 is 12.2. The number of nitriles is 1. The number of carbonyl (C=O) groups is 1. The van der Waals surface area contributed by atoms with Gasteiger partial charge < -0.3 is 19.9 Å². The molecule has 0 aliphatic carbocycles. The number of fused-ring (bicyclic) bond motifs is 1. The highest BCUT2D eigenvalue weighted by atomic mass is 35.5. The van der Waals surface area contributed by atoms with E-state index in [1.807, 2.05) is 6.07 Å². The van der Waals surface area contributed by atoms with Crippen LogP contribution in [-0.2, 0) is 6.61 Å². The van der Waals surface area contributed by atoms with Crippen molar-refractivity contribution >= 4 is 29.2 Å². The lowest BCUT2D eigenvalue weighted by Crippen LogP contribution is -2.21. The topological polar surface area (TPSA) is 94.6 Å². The minimum atomic E-state index is -0.854. The van der Waals surface area contributed by atoms with Crippen molar-refractivity contribution in [2.24, 2.45) is 5.73 Å². The molecule has 1 unspecified atom stereocenters. The van der Waals surface area contributed by atoms with Gasteiger partial charge in [-0.05, 0) is 48.0 Å². The highest BCUT2D eigenvalue weighted by molar-refractivity contribution is 6.35. The highest BCUT2D eigenvalue weighted by Gasteiger charge is 2.31. The van der Waals surface area contributed by atoms with Gasteiger partial charge in [-0.25, -0.2) is 9.18 Å². The first kappa shape index (κ1) is 26.1. The van der Waals surface area contributed by atoms with Crippen molar-refractivity contribution in [3.05, 3.63) is 135 Å². The van der Waals surface area contributed by atoms with Gasteiger partial charge >= 0.3 is 5.97 Å². The monoisotopic (exact) mass is 560 g/mol. The van der Waals surface area contributed by atoms with E-state index in [1.54, 1.807) is 48.5 Å².